The molecule has 2 N–H and O–H groups in total. The minimum Gasteiger partial charge on any atom is -0.492 e. The van der Waals surface area contributed by atoms with Crippen LogP contribution in [0.1, 0.15) is 11.6 Å². The summed E-state index contributed by atoms with van der Waals surface area (Å²) in [5, 5.41) is 0. The molecule has 2 aromatic carbocycles. The maximum Gasteiger partial charge on any atom is 0.387 e. The van der Waals surface area contributed by atoms with Crippen molar-refractivity contribution in [3.63, 3.8) is 0 Å². The fourth-order valence-electron chi connectivity index (χ4n) is 1.78. The van der Waals surface area contributed by atoms with Crippen LogP contribution in [0.5, 0.6) is 11.5 Å². The van der Waals surface area contributed by atoms with Gasteiger partial charge in [-0.3, -0.25) is 0 Å². The van der Waals surface area contributed by atoms with Crippen molar-refractivity contribution in [2.75, 3.05) is 6.61 Å². The predicted octanol–water partition coefficient (Wildman–Crippen LogP) is 3.37. The number of nitrogens with two attached hydrogens (primary N) is 1. The highest BCUT2D eigenvalue weighted by atomic mass is 19.3. The summed E-state index contributed by atoms with van der Waals surface area (Å²) in [6.07, 6.45) is 0. The molecule has 0 heterocycles. The first-order valence-corrected chi connectivity index (χ1v) is 6.14. The Bertz CT molecular complexity index is 534. The fraction of sp³-hybridized carbons (Fsp3) is 0.200. The van der Waals surface area contributed by atoms with E-state index in [1.54, 1.807) is 30.3 Å². The van der Waals surface area contributed by atoms with Crippen LogP contribution in [-0.2, 0) is 0 Å². The number of benzene rings is 2. The van der Waals surface area contributed by atoms with Gasteiger partial charge in [0.1, 0.15) is 18.1 Å². The molecule has 5 heteroatoms. The predicted molar refractivity (Wildman–Crippen MR) is 71.9 cm³/mol. The number of alkyl halides is 2. The molecule has 2 rings (SSSR count). The Morgan fingerprint density at radius 1 is 0.950 bits per heavy atom. The first-order chi connectivity index (χ1) is 9.66. The highest BCUT2D eigenvalue weighted by Crippen LogP contribution is 2.25. The molecule has 106 valence electrons. The summed E-state index contributed by atoms with van der Waals surface area (Å²) in [6, 6.07) is 15.1. The molecule has 0 aliphatic heterocycles. The van der Waals surface area contributed by atoms with Crippen molar-refractivity contribution in [1.29, 1.82) is 0 Å². The highest BCUT2D eigenvalue weighted by Gasteiger charge is 2.15. The second kappa shape index (κ2) is 6.86. The van der Waals surface area contributed by atoms with Crippen LogP contribution in [0.3, 0.4) is 0 Å². The van der Waals surface area contributed by atoms with E-state index in [-0.39, 0.29) is 12.4 Å². The Morgan fingerprint density at radius 3 is 2.30 bits per heavy atom. The van der Waals surface area contributed by atoms with E-state index in [1.807, 2.05) is 18.2 Å². The summed E-state index contributed by atoms with van der Waals surface area (Å²) in [6.45, 7) is -2.70. The van der Waals surface area contributed by atoms with Gasteiger partial charge >= 0.3 is 6.61 Å². The van der Waals surface area contributed by atoms with Gasteiger partial charge < -0.3 is 15.2 Å². The smallest absolute Gasteiger partial charge is 0.387 e. The van der Waals surface area contributed by atoms with E-state index >= 15 is 0 Å². The Labute approximate surface area is 115 Å². The van der Waals surface area contributed by atoms with Gasteiger partial charge in [0, 0.05) is 5.56 Å². The van der Waals surface area contributed by atoms with Gasteiger partial charge in [-0.2, -0.15) is 8.78 Å². The molecular formula is C15H15F2NO2. The zero-order chi connectivity index (χ0) is 14.4. The van der Waals surface area contributed by atoms with Crippen molar-refractivity contribution < 1.29 is 18.3 Å². The fourth-order valence-corrected chi connectivity index (χ4v) is 1.78. The minimum absolute atomic E-state index is 0.0756. The lowest BCUT2D eigenvalue weighted by atomic mass is 10.1. The van der Waals surface area contributed by atoms with E-state index in [9.17, 15) is 8.78 Å². The van der Waals surface area contributed by atoms with E-state index in [0.717, 1.165) is 0 Å². The monoisotopic (exact) mass is 279 g/mol. The number of rotatable bonds is 6. The number of hydrogen-bond acceptors (Lipinski definition) is 3. The van der Waals surface area contributed by atoms with Gasteiger partial charge in [0.2, 0.25) is 0 Å². The first kappa shape index (κ1) is 14.3. The van der Waals surface area contributed by atoms with Crippen LogP contribution in [0.2, 0.25) is 0 Å². The normalized spacial score (nSPS) is 12.2. The molecule has 0 spiro atoms. The maximum atomic E-state index is 12.3. The van der Waals surface area contributed by atoms with Gasteiger partial charge in [0.05, 0.1) is 6.04 Å². The van der Waals surface area contributed by atoms with Crippen LogP contribution in [-0.4, -0.2) is 13.2 Å². The molecule has 0 amide bonds. The second-order valence-corrected chi connectivity index (χ2v) is 4.15. The van der Waals surface area contributed by atoms with E-state index in [2.05, 4.69) is 4.74 Å². The minimum atomic E-state index is -2.88. The van der Waals surface area contributed by atoms with Gasteiger partial charge in [-0.05, 0) is 18.2 Å². The van der Waals surface area contributed by atoms with Crippen LogP contribution < -0.4 is 15.2 Å². The van der Waals surface area contributed by atoms with E-state index < -0.39 is 12.7 Å². The molecule has 1 atom stereocenters. The van der Waals surface area contributed by atoms with Crippen LogP contribution >= 0.6 is 0 Å². The molecule has 0 bridgehead atoms. The van der Waals surface area contributed by atoms with Crippen molar-refractivity contribution in [2.24, 2.45) is 5.73 Å². The lowest BCUT2D eigenvalue weighted by molar-refractivity contribution is -0.0507. The van der Waals surface area contributed by atoms with Gasteiger partial charge in [-0.15, -0.1) is 0 Å². The lowest BCUT2D eigenvalue weighted by Gasteiger charge is -2.17. The zero-order valence-corrected chi connectivity index (χ0v) is 10.7. The van der Waals surface area contributed by atoms with Crippen LogP contribution in [0.15, 0.2) is 54.6 Å². The first-order valence-electron chi connectivity index (χ1n) is 6.14. The molecule has 0 radical (unpaired) electrons. The van der Waals surface area contributed by atoms with E-state index in [1.165, 1.54) is 6.07 Å². The van der Waals surface area contributed by atoms with Gasteiger partial charge in [-0.1, -0.05) is 36.4 Å². The van der Waals surface area contributed by atoms with Crippen molar-refractivity contribution in [2.45, 2.75) is 12.7 Å². The summed E-state index contributed by atoms with van der Waals surface area (Å²) in [4.78, 5) is 0. The summed E-state index contributed by atoms with van der Waals surface area (Å²) in [5.74, 6) is 0.752. The third-order valence-corrected chi connectivity index (χ3v) is 2.71. The van der Waals surface area contributed by atoms with Gasteiger partial charge in [0.15, 0.2) is 0 Å². The summed E-state index contributed by atoms with van der Waals surface area (Å²) >= 11 is 0. The number of para-hydroxylation sites is 2. The van der Waals surface area contributed by atoms with E-state index in [4.69, 9.17) is 10.5 Å². The lowest BCUT2D eigenvalue weighted by Crippen LogP contribution is -2.20. The average molecular weight is 279 g/mol. The third kappa shape index (κ3) is 3.93. The number of hydrogen-bond donors (Lipinski definition) is 1. The molecule has 0 aliphatic rings. The van der Waals surface area contributed by atoms with Crippen LogP contribution in [0.25, 0.3) is 0 Å². The molecule has 0 aromatic heterocycles. The SMILES string of the molecule is NC(COc1ccccc1)c1ccccc1OC(F)F. The standard InChI is InChI=1S/C15H15F2NO2/c16-15(17)20-14-9-5-4-8-12(14)13(18)10-19-11-6-2-1-3-7-11/h1-9,13,15H,10,18H2. The summed E-state index contributed by atoms with van der Waals surface area (Å²) in [5.41, 5.74) is 6.46. The second-order valence-electron chi connectivity index (χ2n) is 4.15. The largest absolute Gasteiger partial charge is 0.492 e. The van der Waals surface area contributed by atoms with Gasteiger partial charge in [-0.25, -0.2) is 0 Å². The van der Waals surface area contributed by atoms with Crippen molar-refractivity contribution in [3.8, 4) is 11.5 Å². The number of halogens is 2. The summed E-state index contributed by atoms with van der Waals surface area (Å²) < 4.78 is 34.6. The molecule has 0 saturated carbocycles. The Kier molecular flexibility index (Phi) is 4.90. The molecule has 1 unspecified atom stereocenters. The molecule has 0 fully saturated rings. The molecule has 2 aromatic rings. The third-order valence-electron chi connectivity index (χ3n) is 2.71. The summed E-state index contributed by atoms with van der Waals surface area (Å²) in [7, 11) is 0. The quantitative estimate of drug-likeness (QED) is 0.881. The topological polar surface area (TPSA) is 44.5 Å². The van der Waals surface area contributed by atoms with Crippen LogP contribution in [0, 0.1) is 0 Å². The van der Waals surface area contributed by atoms with Crippen LogP contribution in [0.4, 0.5) is 8.78 Å². The Morgan fingerprint density at radius 2 is 1.60 bits per heavy atom. The highest BCUT2D eigenvalue weighted by molar-refractivity contribution is 5.36. The van der Waals surface area contributed by atoms with E-state index in [0.29, 0.717) is 11.3 Å². The Hall–Kier alpha value is -2.14. The van der Waals surface area contributed by atoms with Crippen molar-refractivity contribution in [3.05, 3.63) is 60.2 Å². The molecule has 3 nitrogen and oxygen atoms in total. The molecule has 0 aliphatic carbocycles. The molecule has 20 heavy (non-hydrogen) atoms. The maximum absolute atomic E-state index is 12.3. The van der Waals surface area contributed by atoms with Crippen molar-refractivity contribution >= 4 is 0 Å². The Balaban J connectivity index is 2.03. The zero-order valence-electron chi connectivity index (χ0n) is 10.7. The molecule has 0 saturated heterocycles. The van der Waals surface area contributed by atoms with Crippen molar-refractivity contribution in [1.82, 2.24) is 0 Å². The number of ether oxygens (including phenoxy) is 2. The molecular weight excluding hydrogens is 264 g/mol. The average Bonchev–Trinajstić information content (AvgIpc) is 2.46. The van der Waals surface area contributed by atoms with Gasteiger partial charge in [0.25, 0.3) is 0 Å².